The number of amides is 1. The molecule has 1 aromatic heterocycles. The van der Waals surface area contributed by atoms with Gasteiger partial charge in [-0.1, -0.05) is 23.2 Å². The molecule has 0 spiro atoms. The molecule has 0 saturated carbocycles. The molecule has 0 aromatic carbocycles. The standard InChI is InChI=1S/C11H14Cl2N4O/c1-8(18)16-3-2-4-17(6-5-16)9-7-10(12)14-15-11(9)13/h7H,2-6H2,1H3. The number of halogens is 2. The summed E-state index contributed by atoms with van der Waals surface area (Å²) < 4.78 is 0. The van der Waals surface area contributed by atoms with Crippen LogP contribution in [0.2, 0.25) is 10.3 Å². The second-order valence-corrected chi connectivity index (χ2v) is 4.94. The fourth-order valence-electron chi connectivity index (χ4n) is 2.04. The first kappa shape index (κ1) is 13.4. The highest BCUT2D eigenvalue weighted by molar-refractivity contribution is 6.33. The van der Waals surface area contributed by atoms with E-state index in [1.807, 2.05) is 4.90 Å². The van der Waals surface area contributed by atoms with Crippen molar-refractivity contribution in [2.75, 3.05) is 31.1 Å². The predicted molar refractivity (Wildman–Crippen MR) is 71.1 cm³/mol. The second kappa shape index (κ2) is 5.71. The third kappa shape index (κ3) is 3.03. The van der Waals surface area contributed by atoms with Gasteiger partial charge in [0.25, 0.3) is 0 Å². The maximum atomic E-state index is 11.4. The molecule has 0 atom stereocenters. The monoisotopic (exact) mass is 288 g/mol. The Morgan fingerprint density at radius 3 is 2.72 bits per heavy atom. The summed E-state index contributed by atoms with van der Waals surface area (Å²) in [6.07, 6.45) is 0.899. The van der Waals surface area contributed by atoms with Crippen molar-refractivity contribution >= 4 is 34.8 Å². The maximum Gasteiger partial charge on any atom is 0.219 e. The van der Waals surface area contributed by atoms with Crippen LogP contribution in [-0.2, 0) is 4.79 Å². The van der Waals surface area contributed by atoms with Crippen LogP contribution in [0.15, 0.2) is 6.07 Å². The van der Waals surface area contributed by atoms with Crippen LogP contribution >= 0.6 is 23.2 Å². The summed E-state index contributed by atoms with van der Waals surface area (Å²) in [5, 5.41) is 8.16. The lowest BCUT2D eigenvalue weighted by Crippen LogP contribution is -2.33. The number of aromatic nitrogens is 2. The Hall–Kier alpha value is -1.07. The number of rotatable bonds is 1. The van der Waals surface area contributed by atoms with Crippen molar-refractivity contribution in [1.82, 2.24) is 15.1 Å². The Morgan fingerprint density at radius 1 is 1.22 bits per heavy atom. The first-order valence-corrected chi connectivity index (χ1v) is 6.52. The summed E-state index contributed by atoms with van der Waals surface area (Å²) in [5.41, 5.74) is 0.780. The van der Waals surface area contributed by atoms with E-state index in [1.165, 1.54) is 0 Å². The fraction of sp³-hybridized carbons (Fsp3) is 0.545. The molecule has 1 aliphatic heterocycles. The molecule has 1 aliphatic rings. The van der Waals surface area contributed by atoms with E-state index in [-0.39, 0.29) is 5.91 Å². The minimum Gasteiger partial charge on any atom is -0.367 e. The van der Waals surface area contributed by atoms with Gasteiger partial charge in [-0.15, -0.1) is 10.2 Å². The Morgan fingerprint density at radius 2 is 2.00 bits per heavy atom. The van der Waals surface area contributed by atoms with Crippen LogP contribution < -0.4 is 4.90 Å². The van der Waals surface area contributed by atoms with Crippen molar-refractivity contribution in [2.24, 2.45) is 0 Å². The molecule has 98 valence electrons. The third-order valence-electron chi connectivity index (χ3n) is 2.98. The van der Waals surface area contributed by atoms with Crippen LogP contribution in [0.5, 0.6) is 0 Å². The molecule has 0 unspecified atom stereocenters. The zero-order valence-corrected chi connectivity index (χ0v) is 11.6. The lowest BCUT2D eigenvalue weighted by atomic mass is 10.3. The third-order valence-corrected chi connectivity index (χ3v) is 3.44. The van der Waals surface area contributed by atoms with Crippen LogP contribution in [0.1, 0.15) is 13.3 Å². The van der Waals surface area contributed by atoms with Gasteiger partial charge in [0.15, 0.2) is 10.3 Å². The normalized spacial score (nSPS) is 16.6. The molecule has 5 nitrogen and oxygen atoms in total. The van der Waals surface area contributed by atoms with E-state index in [9.17, 15) is 4.79 Å². The average Bonchev–Trinajstić information content (AvgIpc) is 2.58. The summed E-state index contributed by atoms with van der Waals surface area (Å²) in [6, 6.07) is 1.71. The summed E-state index contributed by atoms with van der Waals surface area (Å²) in [4.78, 5) is 15.3. The molecule has 1 aromatic rings. The lowest BCUT2D eigenvalue weighted by Gasteiger charge is -2.23. The molecule has 0 radical (unpaired) electrons. The second-order valence-electron chi connectivity index (χ2n) is 4.19. The summed E-state index contributed by atoms with van der Waals surface area (Å²) in [6.45, 7) is 4.60. The lowest BCUT2D eigenvalue weighted by molar-refractivity contribution is -0.128. The summed E-state index contributed by atoms with van der Waals surface area (Å²) >= 11 is 11.9. The van der Waals surface area contributed by atoms with Crippen molar-refractivity contribution in [3.8, 4) is 0 Å². The van der Waals surface area contributed by atoms with Gasteiger partial charge in [-0.05, 0) is 6.42 Å². The molecule has 2 heterocycles. The van der Waals surface area contributed by atoms with Gasteiger partial charge in [0.1, 0.15) is 0 Å². The molecule has 0 N–H and O–H groups in total. The number of carbonyl (C=O) groups excluding carboxylic acids is 1. The van der Waals surface area contributed by atoms with E-state index < -0.39 is 0 Å². The van der Waals surface area contributed by atoms with Crippen LogP contribution in [0, 0.1) is 0 Å². The Bertz CT molecular complexity index is 455. The number of carbonyl (C=O) groups is 1. The predicted octanol–water partition coefficient (Wildman–Crippen LogP) is 1.84. The molecule has 1 amide bonds. The summed E-state index contributed by atoms with van der Waals surface area (Å²) in [7, 11) is 0. The van der Waals surface area contributed by atoms with Gasteiger partial charge >= 0.3 is 0 Å². The maximum absolute atomic E-state index is 11.4. The summed E-state index contributed by atoms with van der Waals surface area (Å²) in [5.74, 6) is 0.105. The van der Waals surface area contributed by atoms with Crippen LogP contribution in [-0.4, -0.2) is 47.2 Å². The van der Waals surface area contributed by atoms with E-state index in [1.54, 1.807) is 13.0 Å². The van der Waals surface area contributed by atoms with Crippen LogP contribution in [0.25, 0.3) is 0 Å². The molecule has 1 saturated heterocycles. The van der Waals surface area contributed by atoms with Crippen LogP contribution in [0.4, 0.5) is 5.69 Å². The van der Waals surface area contributed by atoms with Gasteiger partial charge in [0, 0.05) is 39.2 Å². The first-order valence-electron chi connectivity index (χ1n) is 5.77. The van der Waals surface area contributed by atoms with E-state index >= 15 is 0 Å². The Labute approximate surface area is 116 Å². The number of anilines is 1. The molecule has 7 heteroatoms. The number of hydrogen-bond donors (Lipinski definition) is 0. The SMILES string of the molecule is CC(=O)N1CCCN(c2cc(Cl)nnc2Cl)CC1. The number of hydrogen-bond acceptors (Lipinski definition) is 4. The molecule has 2 rings (SSSR count). The van der Waals surface area contributed by atoms with Gasteiger partial charge in [0.2, 0.25) is 5.91 Å². The van der Waals surface area contributed by atoms with E-state index in [4.69, 9.17) is 23.2 Å². The molecular formula is C11H14Cl2N4O. The molecule has 18 heavy (non-hydrogen) atoms. The van der Waals surface area contributed by atoms with Crippen molar-refractivity contribution in [3.63, 3.8) is 0 Å². The Kier molecular flexibility index (Phi) is 4.24. The van der Waals surface area contributed by atoms with Gasteiger partial charge in [-0.3, -0.25) is 4.79 Å². The van der Waals surface area contributed by atoms with Crippen LogP contribution in [0.3, 0.4) is 0 Å². The van der Waals surface area contributed by atoms with Crippen molar-refractivity contribution in [1.29, 1.82) is 0 Å². The topological polar surface area (TPSA) is 49.3 Å². The molecule has 1 fully saturated rings. The largest absolute Gasteiger partial charge is 0.367 e. The van der Waals surface area contributed by atoms with E-state index in [0.29, 0.717) is 16.9 Å². The average molecular weight is 289 g/mol. The highest BCUT2D eigenvalue weighted by Gasteiger charge is 2.19. The zero-order chi connectivity index (χ0) is 13.1. The molecule has 0 aliphatic carbocycles. The van der Waals surface area contributed by atoms with Crippen molar-refractivity contribution in [2.45, 2.75) is 13.3 Å². The first-order chi connectivity index (χ1) is 8.58. The van der Waals surface area contributed by atoms with Gasteiger partial charge in [0.05, 0.1) is 5.69 Å². The highest BCUT2D eigenvalue weighted by Crippen LogP contribution is 2.26. The zero-order valence-electron chi connectivity index (χ0n) is 10.1. The van der Waals surface area contributed by atoms with Gasteiger partial charge in [-0.2, -0.15) is 0 Å². The van der Waals surface area contributed by atoms with E-state index in [0.717, 1.165) is 31.7 Å². The fourth-order valence-corrected chi connectivity index (χ4v) is 2.39. The minimum absolute atomic E-state index is 0.105. The highest BCUT2D eigenvalue weighted by atomic mass is 35.5. The van der Waals surface area contributed by atoms with Crippen molar-refractivity contribution < 1.29 is 4.79 Å². The minimum atomic E-state index is 0.105. The molecular weight excluding hydrogens is 275 g/mol. The van der Waals surface area contributed by atoms with Gasteiger partial charge in [-0.25, -0.2) is 0 Å². The van der Waals surface area contributed by atoms with Crippen molar-refractivity contribution in [3.05, 3.63) is 16.4 Å². The quantitative estimate of drug-likeness (QED) is 0.791. The molecule has 0 bridgehead atoms. The smallest absolute Gasteiger partial charge is 0.219 e. The van der Waals surface area contributed by atoms with E-state index in [2.05, 4.69) is 15.1 Å². The Balaban J connectivity index is 2.14. The number of nitrogens with zero attached hydrogens (tertiary/aromatic N) is 4. The van der Waals surface area contributed by atoms with Gasteiger partial charge < -0.3 is 9.80 Å².